The van der Waals surface area contributed by atoms with Gasteiger partial charge in [0.1, 0.15) is 5.75 Å². The molecule has 1 N–H and O–H groups in total. The first kappa shape index (κ1) is 20.1. The van der Waals surface area contributed by atoms with Crippen molar-refractivity contribution in [3.05, 3.63) is 65.4 Å². The summed E-state index contributed by atoms with van der Waals surface area (Å²) >= 11 is 0. The lowest BCUT2D eigenvalue weighted by Gasteiger charge is -2.31. The van der Waals surface area contributed by atoms with Crippen LogP contribution in [0.4, 0.5) is 0 Å². The van der Waals surface area contributed by atoms with Gasteiger partial charge < -0.3 is 9.72 Å². The minimum Gasteiger partial charge on any atom is -0.497 e. The van der Waals surface area contributed by atoms with Crippen molar-refractivity contribution in [3.8, 4) is 5.75 Å². The molecule has 162 valence electrons. The van der Waals surface area contributed by atoms with Crippen LogP contribution in [0.1, 0.15) is 34.3 Å². The minimum absolute atomic E-state index is 0.115. The average molecular weight is 419 g/mol. The number of ether oxygens (including phenoxy) is 1. The highest BCUT2D eigenvalue weighted by molar-refractivity contribution is 5.97. The number of aromatic amines is 1. The number of methoxy groups -OCH3 is 1. The van der Waals surface area contributed by atoms with Gasteiger partial charge in [0.2, 0.25) is 0 Å². The number of hydrogen-bond donors (Lipinski definition) is 1. The topological polar surface area (TPSA) is 51.8 Å². The van der Waals surface area contributed by atoms with Crippen LogP contribution in [-0.4, -0.2) is 65.6 Å². The highest BCUT2D eigenvalue weighted by atomic mass is 16.5. The molecule has 3 heterocycles. The maximum Gasteiger partial charge on any atom is 0.268 e. The Morgan fingerprint density at radius 3 is 2.94 bits per heavy atom. The summed E-state index contributed by atoms with van der Waals surface area (Å²) < 4.78 is 5.42. The summed E-state index contributed by atoms with van der Waals surface area (Å²) in [5.41, 5.74) is 4.47. The lowest BCUT2D eigenvalue weighted by molar-refractivity contribution is 0.00231. The van der Waals surface area contributed by atoms with E-state index in [2.05, 4.69) is 33.2 Å². The first-order valence-corrected chi connectivity index (χ1v) is 11.1. The number of amides is 1. The van der Waals surface area contributed by atoms with Crippen LogP contribution in [0.5, 0.6) is 5.75 Å². The number of hydrazine groups is 1. The summed E-state index contributed by atoms with van der Waals surface area (Å²) in [6.07, 6.45) is 5.63. The standard InChI is InChI=1S/C25H30N4O2/c1-27(29-17-18-6-3-4-8-22(18)25(29)30)12-13-28-11-5-7-20(28)14-19-16-26-24-10-9-21(31-2)15-23(19)24/h3-4,6,8-10,15-16,20,26H,5,7,11-14,17H2,1-2H3/t20-/m1/s1. The minimum atomic E-state index is 0.115. The number of carbonyl (C=O) groups excluding carboxylic acids is 1. The third kappa shape index (κ3) is 3.82. The van der Waals surface area contributed by atoms with Crippen molar-refractivity contribution < 1.29 is 9.53 Å². The van der Waals surface area contributed by atoms with Gasteiger partial charge >= 0.3 is 0 Å². The molecule has 2 aliphatic rings. The number of aromatic nitrogens is 1. The molecule has 1 atom stereocenters. The molecule has 1 saturated heterocycles. The molecule has 6 heteroatoms. The Kier molecular flexibility index (Phi) is 5.42. The highest BCUT2D eigenvalue weighted by Gasteiger charge is 2.31. The summed E-state index contributed by atoms with van der Waals surface area (Å²) in [4.78, 5) is 18.7. The van der Waals surface area contributed by atoms with E-state index < -0.39 is 0 Å². The van der Waals surface area contributed by atoms with E-state index in [1.54, 1.807) is 7.11 Å². The lowest BCUT2D eigenvalue weighted by atomic mass is 10.0. The molecule has 1 amide bonds. The molecular formula is C25H30N4O2. The third-order valence-corrected chi connectivity index (χ3v) is 6.85. The van der Waals surface area contributed by atoms with E-state index in [1.807, 2.05) is 42.4 Å². The summed E-state index contributed by atoms with van der Waals surface area (Å²) in [5.74, 6) is 1.01. The number of nitrogens with zero attached hydrogens (tertiary/aromatic N) is 3. The molecule has 0 aliphatic carbocycles. The van der Waals surface area contributed by atoms with Gasteiger partial charge in [-0.1, -0.05) is 18.2 Å². The molecule has 0 bridgehead atoms. The third-order valence-electron chi connectivity index (χ3n) is 6.85. The van der Waals surface area contributed by atoms with E-state index in [1.165, 1.54) is 23.8 Å². The van der Waals surface area contributed by atoms with Crippen LogP contribution >= 0.6 is 0 Å². The number of likely N-dealkylation sites (tertiary alicyclic amines) is 1. The average Bonchev–Trinajstić information content (AvgIpc) is 3.50. The smallest absolute Gasteiger partial charge is 0.268 e. The van der Waals surface area contributed by atoms with Crippen molar-refractivity contribution in [1.82, 2.24) is 19.9 Å². The van der Waals surface area contributed by atoms with Crippen LogP contribution in [-0.2, 0) is 13.0 Å². The number of likely N-dealkylation sites (N-methyl/N-ethyl adjacent to an activating group) is 1. The monoisotopic (exact) mass is 418 g/mol. The van der Waals surface area contributed by atoms with Gasteiger partial charge in [-0.25, -0.2) is 5.01 Å². The Hall–Kier alpha value is -2.83. The van der Waals surface area contributed by atoms with Gasteiger partial charge in [0.15, 0.2) is 0 Å². The fourth-order valence-corrected chi connectivity index (χ4v) is 5.04. The Bertz CT molecular complexity index is 1090. The van der Waals surface area contributed by atoms with Crippen LogP contribution < -0.4 is 4.74 Å². The summed E-state index contributed by atoms with van der Waals surface area (Å²) in [6.45, 7) is 3.61. The van der Waals surface area contributed by atoms with E-state index in [0.29, 0.717) is 12.6 Å². The maximum absolute atomic E-state index is 12.7. The lowest BCUT2D eigenvalue weighted by Crippen LogP contribution is -2.45. The zero-order chi connectivity index (χ0) is 21.4. The molecule has 3 aromatic rings. The second-order valence-electron chi connectivity index (χ2n) is 8.66. The molecule has 0 saturated carbocycles. The number of nitrogens with one attached hydrogen (secondary N) is 1. The van der Waals surface area contributed by atoms with Crippen molar-refractivity contribution in [2.75, 3.05) is 33.8 Å². The maximum atomic E-state index is 12.7. The molecule has 31 heavy (non-hydrogen) atoms. The number of fused-ring (bicyclic) bond motifs is 2. The van der Waals surface area contributed by atoms with Crippen molar-refractivity contribution in [1.29, 1.82) is 0 Å². The zero-order valence-electron chi connectivity index (χ0n) is 18.3. The molecule has 2 aromatic carbocycles. The zero-order valence-corrected chi connectivity index (χ0v) is 18.3. The van der Waals surface area contributed by atoms with Gasteiger partial charge in [-0.15, -0.1) is 0 Å². The van der Waals surface area contributed by atoms with Crippen molar-refractivity contribution in [2.45, 2.75) is 31.8 Å². The van der Waals surface area contributed by atoms with Crippen molar-refractivity contribution in [2.24, 2.45) is 0 Å². The highest BCUT2D eigenvalue weighted by Crippen LogP contribution is 2.28. The van der Waals surface area contributed by atoms with Crippen LogP contribution in [0.2, 0.25) is 0 Å². The molecule has 2 aliphatic heterocycles. The Labute approximate surface area is 183 Å². The summed E-state index contributed by atoms with van der Waals surface area (Å²) in [6, 6.07) is 14.7. The number of benzene rings is 2. The number of H-pyrrole nitrogens is 1. The predicted molar refractivity (Wildman–Crippen MR) is 122 cm³/mol. The molecule has 1 aromatic heterocycles. The van der Waals surface area contributed by atoms with E-state index >= 15 is 0 Å². The molecule has 1 fully saturated rings. The van der Waals surface area contributed by atoms with E-state index in [0.717, 1.165) is 48.4 Å². The molecule has 0 radical (unpaired) electrons. The largest absolute Gasteiger partial charge is 0.497 e. The van der Waals surface area contributed by atoms with Gasteiger partial charge in [0, 0.05) is 48.8 Å². The van der Waals surface area contributed by atoms with E-state index in [9.17, 15) is 4.79 Å². The van der Waals surface area contributed by atoms with Crippen LogP contribution in [0, 0.1) is 0 Å². The van der Waals surface area contributed by atoms with Crippen LogP contribution in [0.25, 0.3) is 10.9 Å². The summed E-state index contributed by atoms with van der Waals surface area (Å²) in [7, 11) is 3.74. The molecule has 0 unspecified atom stereocenters. The van der Waals surface area contributed by atoms with Gasteiger partial charge in [-0.05, 0) is 61.2 Å². The van der Waals surface area contributed by atoms with Gasteiger partial charge in [0.25, 0.3) is 5.91 Å². The normalized spacial score (nSPS) is 19.0. The Morgan fingerprint density at radius 1 is 1.23 bits per heavy atom. The SMILES string of the molecule is COc1ccc2[nH]cc(C[C@H]3CCCN3CCN(C)N3Cc4ccccc4C3=O)c2c1. The van der Waals surface area contributed by atoms with Crippen molar-refractivity contribution in [3.63, 3.8) is 0 Å². The summed E-state index contributed by atoms with van der Waals surface area (Å²) in [5, 5.41) is 5.22. The first-order valence-electron chi connectivity index (χ1n) is 11.1. The quantitative estimate of drug-likeness (QED) is 0.636. The van der Waals surface area contributed by atoms with Crippen molar-refractivity contribution >= 4 is 16.8 Å². The van der Waals surface area contributed by atoms with Crippen LogP contribution in [0.15, 0.2) is 48.7 Å². The fourth-order valence-electron chi connectivity index (χ4n) is 5.04. The number of carbonyl (C=O) groups is 1. The predicted octanol–water partition coefficient (Wildman–Crippen LogP) is 3.69. The molecule has 0 spiro atoms. The second kappa shape index (κ2) is 8.36. The second-order valence-corrected chi connectivity index (χ2v) is 8.66. The molecule has 5 rings (SSSR count). The van der Waals surface area contributed by atoms with Crippen LogP contribution in [0.3, 0.4) is 0 Å². The first-order chi connectivity index (χ1) is 15.1. The van der Waals surface area contributed by atoms with Gasteiger partial charge in [-0.3, -0.25) is 14.7 Å². The van der Waals surface area contributed by atoms with Gasteiger partial charge in [0.05, 0.1) is 13.7 Å². The molecule has 6 nitrogen and oxygen atoms in total. The van der Waals surface area contributed by atoms with E-state index in [-0.39, 0.29) is 5.91 Å². The van der Waals surface area contributed by atoms with Gasteiger partial charge in [-0.2, -0.15) is 0 Å². The Balaban J connectivity index is 1.22. The van der Waals surface area contributed by atoms with E-state index in [4.69, 9.17) is 4.74 Å². The fraction of sp³-hybridized carbons (Fsp3) is 0.400. The molecular weight excluding hydrogens is 388 g/mol. The number of hydrogen-bond acceptors (Lipinski definition) is 4. The Morgan fingerprint density at radius 2 is 2.10 bits per heavy atom. The number of rotatable bonds is 7.